The number of anilines is 2. The first-order valence-electron chi connectivity index (χ1n) is 5.50. The van der Waals surface area contributed by atoms with Gasteiger partial charge in [0.2, 0.25) is 5.95 Å². The van der Waals surface area contributed by atoms with Gasteiger partial charge in [-0.05, 0) is 26.0 Å². The smallest absolute Gasteiger partial charge is 0.261 e. The van der Waals surface area contributed by atoms with E-state index in [2.05, 4.69) is 20.3 Å². The average Bonchev–Trinajstić information content (AvgIpc) is 2.30. The molecule has 2 heterocycles. The molecular weight excluding hydrogens is 266 g/mol. The largest absolute Gasteiger partial charge is 0.397 e. The summed E-state index contributed by atoms with van der Waals surface area (Å²) in [6, 6.07) is 3.26. The van der Waals surface area contributed by atoms with Crippen LogP contribution in [0.2, 0.25) is 5.15 Å². The Kier molecular flexibility index (Phi) is 3.62. The van der Waals surface area contributed by atoms with Gasteiger partial charge in [0.05, 0.1) is 17.4 Å². The number of carbonyl (C=O) groups excluding carboxylic acids is 1. The third-order valence-corrected chi connectivity index (χ3v) is 2.61. The Morgan fingerprint density at radius 3 is 2.53 bits per heavy atom. The van der Waals surface area contributed by atoms with E-state index in [4.69, 9.17) is 17.3 Å². The molecule has 19 heavy (non-hydrogen) atoms. The molecule has 0 aliphatic rings. The van der Waals surface area contributed by atoms with Crippen molar-refractivity contribution in [3.8, 4) is 0 Å². The zero-order valence-electron chi connectivity index (χ0n) is 10.4. The normalized spacial score (nSPS) is 10.3. The molecule has 7 heteroatoms. The topological polar surface area (TPSA) is 93.8 Å². The van der Waals surface area contributed by atoms with Crippen molar-refractivity contribution in [1.82, 2.24) is 15.0 Å². The quantitative estimate of drug-likeness (QED) is 0.819. The molecule has 2 aromatic heterocycles. The van der Waals surface area contributed by atoms with Crippen LogP contribution in [0, 0.1) is 13.8 Å². The molecule has 98 valence electrons. The van der Waals surface area contributed by atoms with Crippen LogP contribution in [0.4, 0.5) is 11.6 Å². The van der Waals surface area contributed by atoms with Crippen molar-refractivity contribution in [2.45, 2.75) is 13.8 Å². The van der Waals surface area contributed by atoms with Crippen LogP contribution in [0.25, 0.3) is 0 Å². The minimum Gasteiger partial charge on any atom is -0.397 e. The van der Waals surface area contributed by atoms with Crippen molar-refractivity contribution < 1.29 is 4.79 Å². The minimum atomic E-state index is -0.449. The fourth-order valence-corrected chi connectivity index (χ4v) is 1.76. The minimum absolute atomic E-state index is 0.0797. The Hall–Kier alpha value is -2.21. The van der Waals surface area contributed by atoms with E-state index in [0.29, 0.717) is 5.69 Å². The van der Waals surface area contributed by atoms with Gasteiger partial charge in [-0.3, -0.25) is 10.1 Å². The second-order valence-corrected chi connectivity index (χ2v) is 4.39. The number of hydrogen-bond acceptors (Lipinski definition) is 5. The zero-order valence-corrected chi connectivity index (χ0v) is 11.2. The van der Waals surface area contributed by atoms with Crippen molar-refractivity contribution in [2.75, 3.05) is 11.1 Å². The molecule has 2 aromatic rings. The second kappa shape index (κ2) is 5.19. The molecule has 1 amide bonds. The van der Waals surface area contributed by atoms with E-state index in [1.54, 1.807) is 0 Å². The Labute approximate surface area is 115 Å². The number of carbonyl (C=O) groups is 1. The van der Waals surface area contributed by atoms with Crippen molar-refractivity contribution in [2.24, 2.45) is 0 Å². The van der Waals surface area contributed by atoms with Crippen LogP contribution >= 0.6 is 11.6 Å². The highest BCUT2D eigenvalue weighted by atomic mass is 35.5. The van der Waals surface area contributed by atoms with Crippen LogP contribution in [0.15, 0.2) is 18.3 Å². The number of nitrogens with zero attached hydrogens (tertiary/aromatic N) is 3. The van der Waals surface area contributed by atoms with Gasteiger partial charge in [0.25, 0.3) is 5.91 Å². The maximum atomic E-state index is 12.0. The summed E-state index contributed by atoms with van der Waals surface area (Å²) in [6.45, 7) is 3.64. The van der Waals surface area contributed by atoms with Crippen molar-refractivity contribution in [1.29, 1.82) is 0 Å². The average molecular weight is 278 g/mol. The summed E-state index contributed by atoms with van der Waals surface area (Å²) in [5.41, 5.74) is 7.64. The number of nitrogens with two attached hydrogens (primary N) is 1. The van der Waals surface area contributed by atoms with Gasteiger partial charge in [0, 0.05) is 11.4 Å². The van der Waals surface area contributed by atoms with Crippen molar-refractivity contribution in [3.05, 3.63) is 40.4 Å². The summed E-state index contributed by atoms with van der Waals surface area (Å²) in [5.74, 6) is -0.226. The molecule has 0 aromatic carbocycles. The van der Waals surface area contributed by atoms with Crippen LogP contribution in [0.1, 0.15) is 21.7 Å². The van der Waals surface area contributed by atoms with E-state index in [9.17, 15) is 4.79 Å². The van der Waals surface area contributed by atoms with Gasteiger partial charge in [0.15, 0.2) is 0 Å². The number of aryl methyl sites for hydroxylation is 2. The van der Waals surface area contributed by atoms with Gasteiger partial charge in [0.1, 0.15) is 5.15 Å². The highest BCUT2D eigenvalue weighted by molar-refractivity contribution is 6.33. The fraction of sp³-hybridized carbons (Fsp3) is 0.167. The van der Waals surface area contributed by atoms with Gasteiger partial charge in [-0.2, -0.15) is 0 Å². The summed E-state index contributed by atoms with van der Waals surface area (Å²) in [5, 5.41) is 2.65. The first-order chi connectivity index (χ1) is 8.95. The lowest BCUT2D eigenvalue weighted by Gasteiger charge is -2.07. The molecule has 3 N–H and O–H groups in total. The van der Waals surface area contributed by atoms with E-state index >= 15 is 0 Å². The third-order valence-electron chi connectivity index (χ3n) is 2.31. The lowest BCUT2D eigenvalue weighted by Crippen LogP contribution is -2.16. The van der Waals surface area contributed by atoms with Crippen LogP contribution < -0.4 is 11.1 Å². The number of nitrogens with one attached hydrogen (secondary N) is 1. The molecule has 0 spiro atoms. The lowest BCUT2D eigenvalue weighted by molar-refractivity contribution is 0.102. The number of rotatable bonds is 2. The standard InChI is InChI=1S/C12H12ClN5O/c1-6-3-7(2)17-12(16-6)18-11(19)9-4-8(14)5-15-10(9)13/h3-5H,14H2,1-2H3,(H,16,17,18,19). The molecule has 0 fully saturated rings. The van der Waals surface area contributed by atoms with Gasteiger partial charge in [-0.25, -0.2) is 15.0 Å². The van der Waals surface area contributed by atoms with Crippen molar-refractivity contribution in [3.63, 3.8) is 0 Å². The van der Waals surface area contributed by atoms with Crippen LogP contribution in [-0.4, -0.2) is 20.9 Å². The number of pyridine rings is 1. The Balaban J connectivity index is 2.28. The maximum Gasteiger partial charge on any atom is 0.261 e. The lowest BCUT2D eigenvalue weighted by atomic mass is 10.2. The molecule has 6 nitrogen and oxygen atoms in total. The molecule has 0 aliphatic carbocycles. The molecule has 0 saturated carbocycles. The Morgan fingerprint density at radius 2 is 1.89 bits per heavy atom. The molecule has 0 radical (unpaired) electrons. The van der Waals surface area contributed by atoms with Crippen LogP contribution in [-0.2, 0) is 0 Å². The molecular formula is C12H12ClN5O. The predicted octanol–water partition coefficient (Wildman–Crippen LogP) is 1.98. The van der Waals surface area contributed by atoms with Crippen molar-refractivity contribution >= 4 is 29.1 Å². The van der Waals surface area contributed by atoms with E-state index < -0.39 is 5.91 Å². The van der Waals surface area contributed by atoms with Crippen LogP contribution in [0.3, 0.4) is 0 Å². The SMILES string of the molecule is Cc1cc(C)nc(NC(=O)c2cc(N)cnc2Cl)n1. The number of hydrogen-bond donors (Lipinski definition) is 2. The van der Waals surface area contributed by atoms with Gasteiger partial charge in [-0.1, -0.05) is 11.6 Å². The fourth-order valence-electron chi connectivity index (χ4n) is 1.57. The monoisotopic (exact) mass is 277 g/mol. The maximum absolute atomic E-state index is 12.0. The first-order valence-corrected chi connectivity index (χ1v) is 5.88. The van der Waals surface area contributed by atoms with Gasteiger partial charge >= 0.3 is 0 Å². The summed E-state index contributed by atoms with van der Waals surface area (Å²) in [4.78, 5) is 24.1. The molecule has 0 unspecified atom stereocenters. The first kappa shape index (κ1) is 13.2. The highest BCUT2D eigenvalue weighted by Crippen LogP contribution is 2.16. The van der Waals surface area contributed by atoms with E-state index in [1.807, 2.05) is 19.9 Å². The van der Waals surface area contributed by atoms with Gasteiger partial charge in [-0.15, -0.1) is 0 Å². The van der Waals surface area contributed by atoms with Crippen LogP contribution in [0.5, 0.6) is 0 Å². The molecule has 2 rings (SSSR count). The van der Waals surface area contributed by atoms with E-state index in [-0.39, 0.29) is 16.7 Å². The van der Waals surface area contributed by atoms with E-state index in [1.165, 1.54) is 12.3 Å². The molecule has 0 bridgehead atoms. The Morgan fingerprint density at radius 1 is 1.26 bits per heavy atom. The number of amides is 1. The molecule has 0 atom stereocenters. The third kappa shape index (κ3) is 3.17. The second-order valence-electron chi connectivity index (χ2n) is 4.04. The molecule has 0 aliphatic heterocycles. The van der Waals surface area contributed by atoms with Gasteiger partial charge < -0.3 is 5.73 Å². The number of aromatic nitrogens is 3. The summed E-state index contributed by atoms with van der Waals surface area (Å²) in [7, 11) is 0. The Bertz CT molecular complexity index is 624. The number of nitrogen functional groups attached to an aromatic ring is 1. The molecule has 0 saturated heterocycles. The zero-order chi connectivity index (χ0) is 14.0. The van der Waals surface area contributed by atoms with E-state index in [0.717, 1.165) is 11.4 Å². The predicted molar refractivity (Wildman–Crippen MR) is 73.1 cm³/mol. The number of halogens is 1. The highest BCUT2D eigenvalue weighted by Gasteiger charge is 2.13. The summed E-state index contributed by atoms with van der Waals surface area (Å²) >= 11 is 5.85. The summed E-state index contributed by atoms with van der Waals surface area (Å²) < 4.78 is 0. The summed E-state index contributed by atoms with van der Waals surface area (Å²) in [6.07, 6.45) is 1.38.